The van der Waals surface area contributed by atoms with Crippen molar-refractivity contribution in [2.24, 2.45) is 0 Å². The first-order valence-corrected chi connectivity index (χ1v) is 7.93. The molecule has 20 heavy (non-hydrogen) atoms. The van der Waals surface area contributed by atoms with Crippen molar-refractivity contribution in [1.82, 2.24) is 14.3 Å². The molecule has 0 saturated carbocycles. The van der Waals surface area contributed by atoms with Crippen LogP contribution >= 0.6 is 11.3 Å². The lowest BCUT2D eigenvalue weighted by Crippen LogP contribution is -2.50. The Hall–Kier alpha value is -1.40. The van der Waals surface area contributed by atoms with Crippen LogP contribution in [-0.4, -0.2) is 37.4 Å². The van der Waals surface area contributed by atoms with E-state index in [4.69, 9.17) is 0 Å². The maximum Gasteiger partial charge on any atom is 0.324 e. The third kappa shape index (κ3) is 2.13. The molecule has 0 aromatic carbocycles. The van der Waals surface area contributed by atoms with Gasteiger partial charge in [-0.1, -0.05) is 13.3 Å². The van der Waals surface area contributed by atoms with E-state index in [1.165, 1.54) is 0 Å². The quantitative estimate of drug-likeness (QED) is 0.920. The summed E-state index contributed by atoms with van der Waals surface area (Å²) in [4.78, 5) is 19.4. The zero-order valence-electron chi connectivity index (χ0n) is 11.6. The molecule has 3 rings (SSSR count). The fourth-order valence-electron chi connectivity index (χ4n) is 3.26. The molecule has 0 aliphatic carbocycles. The molecule has 5 nitrogen and oxygen atoms in total. The van der Waals surface area contributed by atoms with Gasteiger partial charge in [-0.25, -0.2) is 4.98 Å². The molecule has 0 bridgehead atoms. The summed E-state index contributed by atoms with van der Waals surface area (Å²) in [5.41, 5.74) is 0.270. The molecule has 2 aromatic rings. The van der Waals surface area contributed by atoms with Gasteiger partial charge in [-0.2, -0.15) is 0 Å². The number of likely N-dealkylation sites (tertiary alicyclic amines) is 1. The van der Waals surface area contributed by atoms with Crippen molar-refractivity contribution in [2.75, 3.05) is 6.54 Å². The van der Waals surface area contributed by atoms with E-state index in [2.05, 4.69) is 9.88 Å². The largest absolute Gasteiger partial charge is 0.480 e. The Morgan fingerprint density at radius 2 is 2.45 bits per heavy atom. The van der Waals surface area contributed by atoms with Crippen LogP contribution in [0.25, 0.3) is 4.96 Å². The van der Waals surface area contributed by atoms with Gasteiger partial charge in [0.1, 0.15) is 5.54 Å². The second-order valence-corrected chi connectivity index (χ2v) is 6.31. The number of imidazole rings is 1. The average molecular weight is 293 g/mol. The number of carbonyl (C=O) groups is 1. The number of carboxylic acid groups (broad SMARTS) is 1. The molecule has 0 radical (unpaired) electrons. The number of fused-ring (bicyclic) bond motifs is 1. The van der Waals surface area contributed by atoms with Crippen molar-refractivity contribution in [1.29, 1.82) is 0 Å². The van der Waals surface area contributed by atoms with Crippen molar-refractivity contribution in [3.8, 4) is 0 Å². The monoisotopic (exact) mass is 293 g/mol. The van der Waals surface area contributed by atoms with Crippen LogP contribution in [-0.2, 0) is 11.3 Å². The van der Waals surface area contributed by atoms with Gasteiger partial charge < -0.3 is 5.11 Å². The van der Waals surface area contributed by atoms with Crippen LogP contribution in [0.4, 0.5) is 0 Å². The number of thiazole rings is 1. The molecule has 0 spiro atoms. The summed E-state index contributed by atoms with van der Waals surface area (Å²) >= 11 is 1.60. The number of carboxylic acids is 1. The van der Waals surface area contributed by atoms with Crippen molar-refractivity contribution < 1.29 is 9.90 Å². The van der Waals surface area contributed by atoms with Crippen molar-refractivity contribution >= 4 is 22.3 Å². The van der Waals surface area contributed by atoms with Gasteiger partial charge in [0, 0.05) is 24.3 Å². The predicted molar refractivity (Wildman–Crippen MR) is 78.0 cm³/mol. The van der Waals surface area contributed by atoms with Crippen molar-refractivity contribution in [3.05, 3.63) is 23.5 Å². The molecule has 1 fully saturated rings. The van der Waals surface area contributed by atoms with Crippen LogP contribution in [0.2, 0.25) is 0 Å². The molecule has 1 saturated heterocycles. The van der Waals surface area contributed by atoms with Crippen LogP contribution in [0.3, 0.4) is 0 Å². The lowest BCUT2D eigenvalue weighted by atomic mass is 9.90. The third-order valence-electron chi connectivity index (χ3n) is 4.18. The number of aliphatic carboxylic acids is 1. The molecular formula is C14H19N3O2S. The van der Waals surface area contributed by atoms with E-state index in [0.717, 1.165) is 36.5 Å². The van der Waals surface area contributed by atoms with Gasteiger partial charge in [0.2, 0.25) is 0 Å². The van der Waals surface area contributed by atoms with Crippen LogP contribution < -0.4 is 0 Å². The van der Waals surface area contributed by atoms with Crippen LogP contribution in [0.1, 0.15) is 38.3 Å². The number of hydrogen-bond acceptors (Lipinski definition) is 4. The summed E-state index contributed by atoms with van der Waals surface area (Å²) in [6.45, 7) is 3.52. The van der Waals surface area contributed by atoms with Gasteiger partial charge in [-0.05, 0) is 25.8 Å². The number of aromatic nitrogens is 2. The normalized spacial score (nSPS) is 23.6. The van der Waals surface area contributed by atoms with Crippen molar-refractivity contribution in [3.63, 3.8) is 0 Å². The van der Waals surface area contributed by atoms with Gasteiger partial charge in [0.15, 0.2) is 4.96 Å². The first-order valence-electron chi connectivity index (χ1n) is 7.05. The Morgan fingerprint density at radius 1 is 1.60 bits per heavy atom. The second-order valence-electron chi connectivity index (χ2n) is 5.44. The van der Waals surface area contributed by atoms with Gasteiger partial charge in [0.25, 0.3) is 0 Å². The summed E-state index contributed by atoms with van der Waals surface area (Å²) in [5.74, 6) is -0.683. The number of nitrogens with zero attached hydrogens (tertiary/aromatic N) is 3. The highest BCUT2D eigenvalue weighted by molar-refractivity contribution is 7.15. The fourth-order valence-corrected chi connectivity index (χ4v) is 3.98. The zero-order valence-corrected chi connectivity index (χ0v) is 12.4. The highest BCUT2D eigenvalue weighted by atomic mass is 32.1. The molecular weight excluding hydrogens is 274 g/mol. The molecule has 2 aromatic heterocycles. The zero-order chi connectivity index (χ0) is 14.2. The molecule has 0 amide bonds. The highest BCUT2D eigenvalue weighted by Crippen LogP contribution is 2.35. The van der Waals surface area contributed by atoms with E-state index >= 15 is 0 Å². The van der Waals surface area contributed by atoms with E-state index in [0.29, 0.717) is 13.0 Å². The number of hydrogen-bond donors (Lipinski definition) is 1. The van der Waals surface area contributed by atoms with Crippen LogP contribution in [0, 0.1) is 0 Å². The maximum absolute atomic E-state index is 11.8. The van der Waals surface area contributed by atoms with Gasteiger partial charge in [-0.15, -0.1) is 11.3 Å². The Bertz CT molecular complexity index is 592. The Balaban J connectivity index is 1.84. The van der Waals surface area contributed by atoms with E-state index in [1.54, 1.807) is 11.3 Å². The van der Waals surface area contributed by atoms with Crippen LogP contribution in [0.5, 0.6) is 0 Å². The summed E-state index contributed by atoms with van der Waals surface area (Å²) in [7, 11) is 0. The Kier molecular flexibility index (Phi) is 3.52. The van der Waals surface area contributed by atoms with Gasteiger partial charge in [0.05, 0.1) is 5.69 Å². The molecule has 1 N–H and O–H groups in total. The van der Waals surface area contributed by atoms with E-state index in [-0.39, 0.29) is 0 Å². The molecule has 6 heteroatoms. The first-order chi connectivity index (χ1) is 9.65. The van der Waals surface area contributed by atoms with E-state index < -0.39 is 11.5 Å². The lowest BCUT2D eigenvalue weighted by molar-refractivity contribution is -0.150. The minimum absolute atomic E-state index is 0.626. The van der Waals surface area contributed by atoms with E-state index in [9.17, 15) is 9.90 Å². The topological polar surface area (TPSA) is 57.8 Å². The standard InChI is InChI=1S/C14H19N3O2S/c1-2-4-14(12(18)19)5-3-6-17(14)10-11-9-16-7-8-20-13(16)15-11/h7-9H,2-6,10H2,1H3,(H,18,19). The van der Waals surface area contributed by atoms with Crippen molar-refractivity contribution in [2.45, 2.75) is 44.7 Å². The highest BCUT2D eigenvalue weighted by Gasteiger charge is 2.46. The number of rotatable bonds is 5. The Morgan fingerprint density at radius 3 is 3.15 bits per heavy atom. The minimum atomic E-state index is -0.689. The molecule has 1 unspecified atom stereocenters. The fraction of sp³-hybridized carbons (Fsp3) is 0.571. The average Bonchev–Trinajstić information content (AvgIpc) is 3.05. The van der Waals surface area contributed by atoms with Gasteiger partial charge in [-0.3, -0.25) is 14.1 Å². The Labute approximate surface area is 121 Å². The van der Waals surface area contributed by atoms with E-state index in [1.807, 2.05) is 29.1 Å². The summed E-state index contributed by atoms with van der Waals surface area (Å²) in [5, 5.41) is 11.7. The molecule has 1 aliphatic rings. The van der Waals surface area contributed by atoms with Crippen LogP contribution in [0.15, 0.2) is 17.8 Å². The summed E-state index contributed by atoms with van der Waals surface area (Å²) in [6, 6.07) is 0. The third-order valence-corrected chi connectivity index (χ3v) is 4.95. The molecule has 3 heterocycles. The molecule has 1 atom stereocenters. The summed E-state index contributed by atoms with van der Waals surface area (Å²) in [6.07, 6.45) is 7.29. The van der Waals surface area contributed by atoms with Gasteiger partial charge >= 0.3 is 5.97 Å². The lowest BCUT2D eigenvalue weighted by Gasteiger charge is -2.34. The SMILES string of the molecule is CCCC1(C(=O)O)CCCN1Cc1cn2ccsc2n1. The minimum Gasteiger partial charge on any atom is -0.480 e. The first kappa shape index (κ1) is 13.6. The molecule has 108 valence electrons. The second kappa shape index (κ2) is 5.18. The molecule has 1 aliphatic heterocycles. The predicted octanol–water partition coefficient (Wildman–Crippen LogP) is 2.62. The maximum atomic E-state index is 11.8. The summed E-state index contributed by atoms with van der Waals surface area (Å²) < 4.78 is 2.00. The smallest absolute Gasteiger partial charge is 0.324 e.